The summed E-state index contributed by atoms with van der Waals surface area (Å²) in [4.78, 5) is 24.9. The third-order valence-corrected chi connectivity index (χ3v) is 3.92. The number of rotatable bonds is 3. The summed E-state index contributed by atoms with van der Waals surface area (Å²) in [5.41, 5.74) is 1.56. The fraction of sp³-hybridized carbons (Fsp3) is 0.267. The van der Waals surface area contributed by atoms with Crippen LogP contribution in [-0.2, 0) is 9.53 Å². The molecule has 2 N–H and O–H groups in total. The van der Waals surface area contributed by atoms with E-state index in [9.17, 15) is 9.59 Å². The lowest BCUT2D eigenvalue weighted by Crippen LogP contribution is -2.48. The number of nitrogens with one attached hydrogen (secondary N) is 1. The Labute approximate surface area is 136 Å². The van der Waals surface area contributed by atoms with Crippen LogP contribution in [-0.4, -0.2) is 57.9 Å². The van der Waals surface area contributed by atoms with E-state index in [2.05, 4.69) is 10.2 Å². The first kappa shape index (κ1) is 15.5. The quantitative estimate of drug-likeness (QED) is 0.889. The number of ether oxygens (including phenoxy) is 1. The number of carboxylic acids is 1. The van der Waals surface area contributed by atoms with Gasteiger partial charge >= 0.3 is 5.97 Å². The van der Waals surface area contributed by atoms with Gasteiger partial charge in [0.15, 0.2) is 6.10 Å². The molecule has 0 saturated carbocycles. The van der Waals surface area contributed by atoms with Crippen LogP contribution in [0.5, 0.6) is 0 Å². The monoisotopic (exact) mass is 335 g/mol. The number of morpholine rings is 1. The average Bonchev–Trinajstić information content (AvgIpc) is 3.04. The second-order valence-corrected chi connectivity index (χ2v) is 5.50. The molecule has 1 fully saturated rings. The third-order valence-electron chi connectivity index (χ3n) is 3.59. The minimum Gasteiger partial charge on any atom is -0.479 e. The molecule has 3 rings (SSSR count). The molecule has 7 nitrogen and oxygen atoms in total. The molecule has 120 valence electrons. The van der Waals surface area contributed by atoms with E-state index in [0.29, 0.717) is 17.3 Å². The highest BCUT2D eigenvalue weighted by atomic mass is 35.5. The second kappa shape index (κ2) is 6.39. The van der Waals surface area contributed by atoms with Gasteiger partial charge in [0.2, 0.25) is 0 Å². The zero-order chi connectivity index (χ0) is 16.4. The maximum absolute atomic E-state index is 12.5. The minimum absolute atomic E-state index is 0.00854. The summed E-state index contributed by atoms with van der Waals surface area (Å²) in [7, 11) is 0. The fourth-order valence-electron chi connectivity index (χ4n) is 2.39. The molecule has 1 atom stereocenters. The molecular weight excluding hydrogens is 322 g/mol. The van der Waals surface area contributed by atoms with E-state index in [1.165, 1.54) is 4.90 Å². The molecule has 1 saturated heterocycles. The zero-order valence-electron chi connectivity index (χ0n) is 12.0. The molecule has 0 bridgehead atoms. The molecule has 1 aromatic carbocycles. The first-order valence-electron chi connectivity index (χ1n) is 7.00. The van der Waals surface area contributed by atoms with Crippen molar-refractivity contribution in [2.75, 3.05) is 19.7 Å². The Morgan fingerprint density at radius 2 is 2.17 bits per heavy atom. The SMILES string of the molecule is O=C(O)[C@H]1CN(C(=O)c2cc(-c3ccccc3Cl)n[nH]2)CCO1. The number of nitrogens with zero attached hydrogens (tertiary/aromatic N) is 2. The first-order valence-corrected chi connectivity index (χ1v) is 7.38. The van der Waals surface area contributed by atoms with Crippen LogP contribution in [0.15, 0.2) is 30.3 Å². The van der Waals surface area contributed by atoms with Crippen molar-refractivity contribution < 1.29 is 19.4 Å². The van der Waals surface area contributed by atoms with E-state index in [1.54, 1.807) is 12.1 Å². The standard InChI is InChI=1S/C15H14ClN3O4/c16-10-4-2-1-3-9(10)11-7-12(18-17-11)14(20)19-5-6-23-13(8-19)15(21)22/h1-4,7,13H,5-6,8H2,(H,17,18)(H,21,22)/t13-/m1/s1. The highest BCUT2D eigenvalue weighted by Gasteiger charge is 2.30. The molecule has 2 aromatic rings. The summed E-state index contributed by atoms with van der Waals surface area (Å²) in [5.74, 6) is -1.39. The van der Waals surface area contributed by atoms with Gasteiger partial charge in [0.25, 0.3) is 5.91 Å². The van der Waals surface area contributed by atoms with Crippen LogP contribution < -0.4 is 0 Å². The van der Waals surface area contributed by atoms with E-state index < -0.39 is 12.1 Å². The van der Waals surface area contributed by atoms with Crippen LogP contribution in [0, 0.1) is 0 Å². The largest absolute Gasteiger partial charge is 0.479 e. The fourth-order valence-corrected chi connectivity index (χ4v) is 2.62. The van der Waals surface area contributed by atoms with Gasteiger partial charge < -0.3 is 14.7 Å². The molecule has 23 heavy (non-hydrogen) atoms. The number of carbonyl (C=O) groups excluding carboxylic acids is 1. The number of benzene rings is 1. The van der Waals surface area contributed by atoms with Crippen molar-refractivity contribution in [3.63, 3.8) is 0 Å². The predicted octanol–water partition coefficient (Wildman–Crippen LogP) is 1.66. The molecule has 0 spiro atoms. The van der Waals surface area contributed by atoms with Gasteiger partial charge in [-0.25, -0.2) is 4.79 Å². The molecule has 8 heteroatoms. The van der Waals surface area contributed by atoms with E-state index in [1.807, 2.05) is 18.2 Å². The van der Waals surface area contributed by atoms with E-state index in [-0.39, 0.29) is 24.8 Å². The number of amides is 1. The molecule has 0 unspecified atom stereocenters. The lowest BCUT2D eigenvalue weighted by atomic mass is 10.1. The molecule has 0 radical (unpaired) electrons. The van der Waals surface area contributed by atoms with E-state index >= 15 is 0 Å². The number of halogens is 1. The maximum Gasteiger partial charge on any atom is 0.334 e. The van der Waals surface area contributed by atoms with Crippen LogP contribution in [0.1, 0.15) is 10.5 Å². The minimum atomic E-state index is -1.08. The molecule has 1 aliphatic rings. The van der Waals surface area contributed by atoms with Crippen LogP contribution in [0.4, 0.5) is 0 Å². The van der Waals surface area contributed by atoms with Crippen molar-refractivity contribution in [2.45, 2.75) is 6.10 Å². The van der Waals surface area contributed by atoms with Gasteiger partial charge in [-0.1, -0.05) is 29.8 Å². The Morgan fingerprint density at radius 1 is 1.39 bits per heavy atom. The van der Waals surface area contributed by atoms with Gasteiger partial charge in [0, 0.05) is 12.1 Å². The van der Waals surface area contributed by atoms with Gasteiger partial charge in [-0.15, -0.1) is 0 Å². The van der Waals surface area contributed by atoms with Crippen LogP contribution in [0.3, 0.4) is 0 Å². The molecule has 1 aliphatic heterocycles. The smallest absolute Gasteiger partial charge is 0.334 e. The van der Waals surface area contributed by atoms with Crippen molar-refractivity contribution in [2.24, 2.45) is 0 Å². The first-order chi connectivity index (χ1) is 11.1. The van der Waals surface area contributed by atoms with Crippen molar-refractivity contribution in [1.82, 2.24) is 15.1 Å². The Hall–Kier alpha value is -2.38. The van der Waals surface area contributed by atoms with Crippen LogP contribution in [0.25, 0.3) is 11.3 Å². The zero-order valence-corrected chi connectivity index (χ0v) is 12.8. The molecular formula is C15H14ClN3O4. The number of carbonyl (C=O) groups is 2. The lowest BCUT2D eigenvalue weighted by molar-refractivity contribution is -0.154. The van der Waals surface area contributed by atoms with Gasteiger partial charge in [-0.3, -0.25) is 9.89 Å². The molecule has 2 heterocycles. The van der Waals surface area contributed by atoms with Gasteiger partial charge in [0.1, 0.15) is 5.69 Å². The number of H-pyrrole nitrogens is 1. The van der Waals surface area contributed by atoms with Gasteiger partial charge in [0.05, 0.1) is 23.9 Å². The Kier molecular flexibility index (Phi) is 4.31. The summed E-state index contributed by atoms with van der Waals surface area (Å²) in [6, 6.07) is 8.80. The Morgan fingerprint density at radius 3 is 2.91 bits per heavy atom. The van der Waals surface area contributed by atoms with Gasteiger partial charge in [-0.2, -0.15) is 5.10 Å². The number of carboxylic acid groups (broad SMARTS) is 1. The summed E-state index contributed by atoms with van der Waals surface area (Å²) in [6.45, 7) is 0.534. The molecule has 1 amide bonds. The van der Waals surface area contributed by atoms with Crippen molar-refractivity contribution >= 4 is 23.5 Å². The highest BCUT2D eigenvalue weighted by Crippen LogP contribution is 2.26. The summed E-state index contributed by atoms with van der Waals surface area (Å²) in [6.07, 6.45) is -1.00. The average molecular weight is 336 g/mol. The lowest BCUT2D eigenvalue weighted by Gasteiger charge is -2.30. The molecule has 0 aliphatic carbocycles. The van der Waals surface area contributed by atoms with Crippen molar-refractivity contribution in [3.8, 4) is 11.3 Å². The van der Waals surface area contributed by atoms with Gasteiger partial charge in [-0.05, 0) is 12.1 Å². The highest BCUT2D eigenvalue weighted by molar-refractivity contribution is 6.33. The normalized spacial score (nSPS) is 18.0. The second-order valence-electron chi connectivity index (χ2n) is 5.10. The number of aromatic nitrogens is 2. The maximum atomic E-state index is 12.5. The van der Waals surface area contributed by atoms with Crippen molar-refractivity contribution in [1.29, 1.82) is 0 Å². The predicted molar refractivity (Wildman–Crippen MR) is 82.3 cm³/mol. The number of aliphatic carboxylic acids is 1. The summed E-state index contributed by atoms with van der Waals surface area (Å²) in [5, 5.41) is 16.3. The third kappa shape index (κ3) is 3.20. The Balaban J connectivity index is 1.79. The van der Waals surface area contributed by atoms with E-state index in [4.69, 9.17) is 21.4 Å². The molecule has 1 aromatic heterocycles. The van der Waals surface area contributed by atoms with Crippen LogP contribution >= 0.6 is 11.6 Å². The van der Waals surface area contributed by atoms with Crippen molar-refractivity contribution in [3.05, 3.63) is 41.0 Å². The topological polar surface area (TPSA) is 95.5 Å². The Bertz CT molecular complexity index is 746. The summed E-state index contributed by atoms with van der Waals surface area (Å²) < 4.78 is 5.11. The summed E-state index contributed by atoms with van der Waals surface area (Å²) >= 11 is 6.12. The number of hydrogen-bond acceptors (Lipinski definition) is 4. The van der Waals surface area contributed by atoms with Crippen LogP contribution in [0.2, 0.25) is 5.02 Å². The number of hydrogen-bond donors (Lipinski definition) is 2. The number of aromatic amines is 1. The van der Waals surface area contributed by atoms with E-state index in [0.717, 1.165) is 5.56 Å².